The van der Waals surface area contributed by atoms with Crippen LogP contribution in [0.15, 0.2) is 126 Å². The lowest BCUT2D eigenvalue weighted by atomic mass is 9.99. The van der Waals surface area contributed by atoms with Crippen molar-refractivity contribution in [2.24, 2.45) is 0 Å². The summed E-state index contributed by atoms with van der Waals surface area (Å²) >= 11 is 1.90. The maximum atomic E-state index is 3.83. The van der Waals surface area contributed by atoms with Gasteiger partial charge in [-0.2, -0.15) is 0 Å². The summed E-state index contributed by atoms with van der Waals surface area (Å²) in [7, 11) is 0. The SMILES string of the molecule is c1ccc(C2Nc3c(ccc4ccc5cc(-n6c7ccccc7c7ccccc76)ccc5c34)S2)cc1. The Morgan fingerprint density at radius 2 is 1.25 bits per heavy atom. The van der Waals surface area contributed by atoms with Gasteiger partial charge in [-0.25, -0.2) is 0 Å². The fraction of sp³-hybridized carbons (Fsp3) is 0.0303. The van der Waals surface area contributed by atoms with Crippen LogP contribution < -0.4 is 5.32 Å². The molecule has 7 aromatic rings. The van der Waals surface area contributed by atoms with Crippen LogP contribution in [0.4, 0.5) is 5.69 Å². The Morgan fingerprint density at radius 1 is 0.583 bits per heavy atom. The van der Waals surface area contributed by atoms with E-state index in [2.05, 4.69) is 131 Å². The molecule has 1 N–H and O–H groups in total. The molecule has 8 rings (SSSR count). The summed E-state index contributed by atoms with van der Waals surface area (Å²) in [6.45, 7) is 0. The van der Waals surface area contributed by atoms with Crippen LogP contribution in [0.2, 0.25) is 0 Å². The molecular formula is C33H22N2S. The van der Waals surface area contributed by atoms with Gasteiger partial charge in [-0.05, 0) is 52.1 Å². The van der Waals surface area contributed by atoms with Gasteiger partial charge >= 0.3 is 0 Å². The van der Waals surface area contributed by atoms with Crippen LogP contribution in [-0.2, 0) is 0 Å². The second-order valence-electron chi connectivity index (χ2n) is 9.43. The van der Waals surface area contributed by atoms with Gasteiger partial charge in [0.2, 0.25) is 0 Å². The molecule has 0 saturated carbocycles. The van der Waals surface area contributed by atoms with Crippen LogP contribution in [-0.4, -0.2) is 4.57 Å². The summed E-state index contributed by atoms with van der Waals surface area (Å²) in [5.74, 6) is 0. The van der Waals surface area contributed by atoms with E-state index in [9.17, 15) is 0 Å². The lowest BCUT2D eigenvalue weighted by molar-refractivity contribution is 1.14. The highest BCUT2D eigenvalue weighted by molar-refractivity contribution is 8.00. The standard InChI is InChI=1S/C33H22N2S/c1-2-8-22(9-3-1)33-34-32-30(36-33)19-16-21-14-15-23-20-24(17-18-25(23)31(21)32)35-28-12-6-4-10-26(28)27-11-5-7-13-29(27)35/h1-20,33-34H. The molecule has 0 bridgehead atoms. The summed E-state index contributed by atoms with van der Waals surface area (Å²) in [6.07, 6.45) is 0. The average Bonchev–Trinajstić information content (AvgIpc) is 3.53. The molecule has 1 unspecified atom stereocenters. The normalized spacial score (nSPS) is 15.1. The minimum Gasteiger partial charge on any atom is -0.368 e. The van der Waals surface area contributed by atoms with Gasteiger partial charge in [-0.3, -0.25) is 0 Å². The number of nitrogens with one attached hydrogen (secondary N) is 1. The van der Waals surface area contributed by atoms with Crippen molar-refractivity contribution < 1.29 is 0 Å². The zero-order valence-electron chi connectivity index (χ0n) is 19.5. The van der Waals surface area contributed by atoms with Gasteiger partial charge in [0.1, 0.15) is 5.37 Å². The number of hydrogen-bond acceptors (Lipinski definition) is 2. The Hall–Kier alpha value is -4.21. The first-order chi connectivity index (χ1) is 17.8. The molecule has 0 spiro atoms. The van der Waals surface area contributed by atoms with E-state index >= 15 is 0 Å². The molecule has 2 nitrogen and oxygen atoms in total. The number of thioether (sulfide) groups is 1. The van der Waals surface area contributed by atoms with Gasteiger partial charge < -0.3 is 9.88 Å². The minimum atomic E-state index is 0.235. The van der Waals surface area contributed by atoms with Crippen molar-refractivity contribution in [1.82, 2.24) is 4.57 Å². The highest BCUT2D eigenvalue weighted by Crippen LogP contribution is 2.50. The summed E-state index contributed by atoms with van der Waals surface area (Å²) in [4.78, 5) is 1.32. The summed E-state index contributed by atoms with van der Waals surface area (Å²) in [6, 6.07) is 44.1. The van der Waals surface area contributed by atoms with Gasteiger partial charge in [-0.1, -0.05) is 103 Å². The summed E-state index contributed by atoms with van der Waals surface area (Å²) < 4.78 is 2.39. The third-order valence-electron chi connectivity index (χ3n) is 7.41. The second-order valence-corrected chi connectivity index (χ2v) is 10.6. The Labute approximate surface area is 213 Å². The van der Waals surface area contributed by atoms with E-state index in [1.54, 1.807) is 0 Å². The van der Waals surface area contributed by atoms with E-state index in [-0.39, 0.29) is 5.37 Å². The Balaban J connectivity index is 1.33. The Morgan fingerprint density at radius 3 is 2.03 bits per heavy atom. The maximum absolute atomic E-state index is 3.83. The molecule has 1 aromatic heterocycles. The molecule has 1 atom stereocenters. The van der Waals surface area contributed by atoms with Gasteiger partial charge in [-0.15, -0.1) is 0 Å². The number of aromatic nitrogens is 1. The molecule has 1 aliphatic heterocycles. The van der Waals surface area contributed by atoms with Crippen molar-refractivity contribution in [3.8, 4) is 5.69 Å². The fourth-order valence-corrected chi connectivity index (χ4v) is 6.92. The second kappa shape index (κ2) is 7.64. The van der Waals surface area contributed by atoms with Gasteiger partial charge in [0.05, 0.1) is 16.7 Å². The van der Waals surface area contributed by atoms with E-state index in [0.29, 0.717) is 0 Å². The lowest BCUT2D eigenvalue weighted by Gasteiger charge is -2.14. The van der Waals surface area contributed by atoms with Crippen LogP contribution in [0.1, 0.15) is 10.9 Å². The van der Waals surface area contributed by atoms with Crippen LogP contribution in [0.25, 0.3) is 49.0 Å². The van der Waals surface area contributed by atoms with E-state index in [1.807, 2.05) is 11.8 Å². The summed E-state index contributed by atoms with van der Waals surface area (Å²) in [5, 5.41) is 11.8. The Bertz CT molecular complexity index is 1900. The third-order valence-corrected chi connectivity index (χ3v) is 8.63. The number of nitrogens with zero attached hydrogens (tertiary/aromatic N) is 1. The largest absolute Gasteiger partial charge is 0.368 e. The predicted molar refractivity (Wildman–Crippen MR) is 154 cm³/mol. The zero-order chi connectivity index (χ0) is 23.6. The van der Waals surface area contributed by atoms with Gasteiger partial charge in [0.15, 0.2) is 0 Å². The maximum Gasteiger partial charge on any atom is 0.103 e. The topological polar surface area (TPSA) is 17.0 Å². The number of fused-ring (bicyclic) bond motifs is 8. The number of benzene rings is 6. The molecule has 0 aliphatic carbocycles. The highest BCUT2D eigenvalue weighted by Gasteiger charge is 2.25. The number of rotatable bonds is 2. The van der Waals surface area contributed by atoms with Gasteiger partial charge in [0, 0.05) is 26.7 Å². The molecule has 0 amide bonds. The van der Waals surface area contributed by atoms with Crippen molar-refractivity contribution in [2.45, 2.75) is 10.3 Å². The van der Waals surface area contributed by atoms with Crippen LogP contribution >= 0.6 is 11.8 Å². The molecule has 2 heterocycles. The number of anilines is 1. The molecule has 0 radical (unpaired) electrons. The molecule has 1 aliphatic rings. The Kier molecular flexibility index (Phi) is 4.25. The molecule has 3 heteroatoms. The number of para-hydroxylation sites is 2. The van der Waals surface area contributed by atoms with Gasteiger partial charge in [0.25, 0.3) is 0 Å². The van der Waals surface area contributed by atoms with Crippen molar-refractivity contribution >= 4 is 60.8 Å². The van der Waals surface area contributed by atoms with Crippen LogP contribution in [0.3, 0.4) is 0 Å². The van der Waals surface area contributed by atoms with E-state index in [4.69, 9.17) is 0 Å². The fourth-order valence-electron chi connectivity index (χ4n) is 5.77. The molecule has 0 fully saturated rings. The summed E-state index contributed by atoms with van der Waals surface area (Å²) in [5.41, 5.74) is 6.23. The quantitative estimate of drug-likeness (QED) is 0.249. The molecular weight excluding hydrogens is 456 g/mol. The van der Waals surface area contributed by atoms with E-state index < -0.39 is 0 Å². The van der Waals surface area contributed by atoms with Crippen molar-refractivity contribution in [1.29, 1.82) is 0 Å². The first-order valence-corrected chi connectivity index (χ1v) is 13.2. The predicted octanol–water partition coefficient (Wildman–Crippen LogP) is 9.31. The smallest absolute Gasteiger partial charge is 0.103 e. The van der Waals surface area contributed by atoms with E-state index in [1.165, 1.54) is 65.2 Å². The monoisotopic (exact) mass is 478 g/mol. The first kappa shape index (κ1) is 20.0. The third kappa shape index (κ3) is 2.87. The van der Waals surface area contributed by atoms with Crippen molar-refractivity contribution in [3.63, 3.8) is 0 Å². The zero-order valence-corrected chi connectivity index (χ0v) is 20.3. The average molecular weight is 479 g/mol. The van der Waals surface area contributed by atoms with Crippen molar-refractivity contribution in [2.75, 3.05) is 5.32 Å². The van der Waals surface area contributed by atoms with Crippen molar-refractivity contribution in [3.05, 3.63) is 127 Å². The molecule has 36 heavy (non-hydrogen) atoms. The van der Waals surface area contributed by atoms with Crippen LogP contribution in [0.5, 0.6) is 0 Å². The lowest BCUT2D eigenvalue weighted by Crippen LogP contribution is -2.01. The van der Waals surface area contributed by atoms with Crippen LogP contribution in [0, 0.1) is 0 Å². The first-order valence-electron chi connectivity index (χ1n) is 12.3. The number of hydrogen-bond donors (Lipinski definition) is 1. The molecule has 6 aromatic carbocycles. The molecule has 170 valence electrons. The highest BCUT2D eigenvalue weighted by atomic mass is 32.2. The molecule has 0 saturated heterocycles. The minimum absolute atomic E-state index is 0.235. The van der Waals surface area contributed by atoms with E-state index in [0.717, 1.165) is 0 Å².